The Morgan fingerprint density at radius 3 is 1.16 bits per heavy atom. The minimum atomic E-state index is -7.42. The monoisotopic (exact) mass is 694 g/mol. The van der Waals surface area contributed by atoms with Gasteiger partial charge in [0.2, 0.25) is 0 Å². The second kappa shape index (κ2) is 9.25. The summed E-state index contributed by atoms with van der Waals surface area (Å²) in [5.74, 6) is -14.8. The van der Waals surface area contributed by atoms with Crippen LogP contribution in [-0.4, -0.2) is 38.5 Å². The van der Waals surface area contributed by atoms with Crippen molar-refractivity contribution in [2.24, 2.45) is 0 Å². The number of hydrogen-bond donors (Lipinski definition) is 0. The van der Waals surface area contributed by atoms with E-state index in [-0.39, 0.29) is 7.14 Å². The number of hydrogen-bond acceptors (Lipinski definition) is 3. The summed E-state index contributed by atoms with van der Waals surface area (Å²) in [5.41, 5.74) is 0. The Labute approximate surface area is 217 Å². The van der Waals surface area contributed by atoms with Gasteiger partial charge in [-0.2, -0.15) is 0 Å². The Bertz CT molecular complexity index is 1190. The molecule has 0 fully saturated rings. The van der Waals surface area contributed by atoms with E-state index in [2.05, 4.69) is 0 Å². The standard InChI is InChI=1S/C24H28F9IO3S/c1-19(2,3)34(20(4,5)6,17-13-9-7-10-14-17,18-15-11-8-12-16-18)37-38(35,36)24(32,33)22(27,28)21(25,26)23(29,30)31/h7-16H,1-6H3. The molecule has 0 aromatic heterocycles. The topological polar surface area (TPSA) is 43.4 Å². The van der Waals surface area contributed by atoms with E-state index in [1.165, 1.54) is 102 Å². The zero-order valence-corrected chi connectivity index (χ0v) is 24.2. The summed E-state index contributed by atoms with van der Waals surface area (Å²) < 4.78 is 154. The van der Waals surface area contributed by atoms with Gasteiger partial charge in [-0.15, -0.1) is 0 Å². The number of halogens is 10. The van der Waals surface area contributed by atoms with Gasteiger partial charge in [-0.25, -0.2) is 0 Å². The first-order valence-corrected chi connectivity index (χ1v) is 17.5. The third-order valence-corrected chi connectivity index (χ3v) is 29.5. The summed E-state index contributed by atoms with van der Waals surface area (Å²) in [5, 5.41) is -7.00. The summed E-state index contributed by atoms with van der Waals surface area (Å²) in [7, 11) is -7.22. The minimum absolute atomic E-state index is 0.0227. The Morgan fingerprint density at radius 1 is 0.579 bits per heavy atom. The molecule has 0 heterocycles. The van der Waals surface area contributed by atoms with Gasteiger partial charge in [0.25, 0.3) is 0 Å². The average molecular weight is 694 g/mol. The number of alkyl halides is 11. The summed E-state index contributed by atoms with van der Waals surface area (Å²) >= 11 is -6.34. The Morgan fingerprint density at radius 2 is 0.895 bits per heavy atom. The normalized spacial score (nSPS) is 16.1. The van der Waals surface area contributed by atoms with Crippen molar-refractivity contribution in [2.45, 2.75) is 71.7 Å². The first-order valence-electron chi connectivity index (χ1n) is 10.9. The molecule has 2 rings (SSSR count). The fraction of sp³-hybridized carbons (Fsp3) is 0.500. The molecule has 0 saturated heterocycles. The predicted octanol–water partition coefficient (Wildman–Crippen LogP) is 8.59. The molecule has 0 spiro atoms. The van der Waals surface area contributed by atoms with Crippen LogP contribution in [0, 0.1) is 7.14 Å². The molecule has 0 radical (unpaired) electrons. The molecule has 0 unspecified atom stereocenters. The van der Waals surface area contributed by atoms with Crippen LogP contribution in [0.25, 0.3) is 0 Å². The van der Waals surface area contributed by atoms with E-state index in [1.54, 1.807) is 0 Å². The average Bonchev–Trinajstić information content (AvgIpc) is 2.75. The van der Waals surface area contributed by atoms with Crippen molar-refractivity contribution in [3.8, 4) is 0 Å². The van der Waals surface area contributed by atoms with Gasteiger partial charge < -0.3 is 0 Å². The molecule has 3 nitrogen and oxygen atoms in total. The van der Waals surface area contributed by atoms with Crippen molar-refractivity contribution in [3.05, 3.63) is 67.8 Å². The zero-order chi connectivity index (χ0) is 29.9. The van der Waals surface area contributed by atoms with Crippen LogP contribution in [0.5, 0.6) is 0 Å². The SMILES string of the molecule is CC(C)(C)I(OS(=O)(=O)C(F)(F)C(F)(F)C(F)(F)C(F)(F)F)(c1ccccc1)(c1ccccc1)C(C)(C)C. The van der Waals surface area contributed by atoms with E-state index < -0.39 is 57.7 Å². The van der Waals surface area contributed by atoms with E-state index in [4.69, 9.17) is 2.51 Å². The third kappa shape index (κ3) is 4.06. The van der Waals surface area contributed by atoms with E-state index in [0.29, 0.717) is 0 Å². The first-order chi connectivity index (χ1) is 16.8. The van der Waals surface area contributed by atoms with Gasteiger partial charge in [0.1, 0.15) is 0 Å². The molecule has 0 aliphatic carbocycles. The fourth-order valence-electron chi connectivity index (χ4n) is 4.58. The van der Waals surface area contributed by atoms with Crippen LogP contribution in [0.3, 0.4) is 0 Å². The molecule has 218 valence electrons. The third-order valence-electron chi connectivity index (χ3n) is 6.10. The van der Waals surface area contributed by atoms with Gasteiger partial charge in [0, 0.05) is 0 Å². The molecule has 38 heavy (non-hydrogen) atoms. The Kier molecular flexibility index (Phi) is 7.95. The van der Waals surface area contributed by atoms with Crippen LogP contribution in [0.4, 0.5) is 39.5 Å². The molecule has 2 aromatic carbocycles. The molecule has 0 saturated carbocycles. The summed E-state index contributed by atoms with van der Waals surface area (Å²) in [6, 6.07) is 14.0. The molecule has 2 aromatic rings. The van der Waals surface area contributed by atoms with Crippen LogP contribution < -0.4 is 0 Å². The molecule has 14 heteroatoms. The van der Waals surface area contributed by atoms with Gasteiger partial charge in [-0.1, -0.05) is 0 Å². The van der Waals surface area contributed by atoms with Gasteiger partial charge in [-0.3, -0.25) is 0 Å². The number of benzene rings is 2. The van der Waals surface area contributed by atoms with E-state index in [9.17, 15) is 39.2 Å². The van der Waals surface area contributed by atoms with Crippen molar-refractivity contribution in [1.82, 2.24) is 0 Å². The maximum atomic E-state index is 15.1. The predicted molar refractivity (Wildman–Crippen MR) is 135 cm³/mol. The van der Waals surface area contributed by atoms with Crippen molar-refractivity contribution < 1.29 is 50.4 Å². The zero-order valence-electron chi connectivity index (χ0n) is 21.2. The van der Waals surface area contributed by atoms with E-state index in [0.717, 1.165) is 0 Å². The molecule has 0 amide bonds. The molecule has 0 aliphatic heterocycles. The van der Waals surface area contributed by atoms with Crippen molar-refractivity contribution in [1.29, 1.82) is 0 Å². The van der Waals surface area contributed by atoms with Crippen molar-refractivity contribution >= 4 is 27.6 Å². The number of rotatable bonds is 7. The van der Waals surface area contributed by atoms with Crippen LogP contribution in [0.1, 0.15) is 41.5 Å². The van der Waals surface area contributed by atoms with Gasteiger partial charge in [0.05, 0.1) is 0 Å². The Balaban J connectivity index is 3.17. The molecular formula is C24H28F9IO3S. The summed E-state index contributed by atoms with van der Waals surface area (Å²) in [6.07, 6.45) is -7.20. The summed E-state index contributed by atoms with van der Waals surface area (Å²) in [6.45, 7) is 8.52. The Hall–Kier alpha value is -1.55. The van der Waals surface area contributed by atoms with Crippen molar-refractivity contribution in [3.63, 3.8) is 0 Å². The molecule has 0 atom stereocenters. The summed E-state index contributed by atoms with van der Waals surface area (Å²) in [4.78, 5) is 0. The molecule has 0 bridgehead atoms. The quantitative estimate of drug-likeness (QED) is 0.166. The van der Waals surface area contributed by atoms with Crippen LogP contribution in [-0.2, 0) is 12.6 Å². The van der Waals surface area contributed by atoms with Crippen LogP contribution >= 0.6 is 17.5 Å². The molecule has 0 aliphatic rings. The van der Waals surface area contributed by atoms with Gasteiger partial charge >= 0.3 is 217 Å². The van der Waals surface area contributed by atoms with Crippen LogP contribution in [0.15, 0.2) is 60.7 Å². The second-order valence-corrected chi connectivity index (χ2v) is 26.9. The molecule has 0 N–H and O–H groups in total. The second-order valence-electron chi connectivity index (χ2n) is 10.3. The van der Waals surface area contributed by atoms with E-state index >= 15 is 8.78 Å². The van der Waals surface area contributed by atoms with E-state index in [1.807, 2.05) is 0 Å². The van der Waals surface area contributed by atoms with Gasteiger partial charge in [-0.05, 0) is 0 Å². The maximum absolute atomic E-state index is 15.1. The van der Waals surface area contributed by atoms with Crippen LogP contribution in [0.2, 0.25) is 0 Å². The molecular weight excluding hydrogens is 666 g/mol. The fourth-order valence-corrected chi connectivity index (χ4v) is 30.6. The first kappa shape index (κ1) is 32.7. The van der Waals surface area contributed by atoms with Gasteiger partial charge in [0.15, 0.2) is 0 Å². The van der Waals surface area contributed by atoms with Crippen molar-refractivity contribution in [2.75, 3.05) is 0 Å².